The Labute approximate surface area is 142 Å². The van der Waals surface area contributed by atoms with Crippen molar-refractivity contribution in [3.63, 3.8) is 0 Å². The quantitative estimate of drug-likeness (QED) is 0.871. The van der Waals surface area contributed by atoms with Crippen LogP contribution < -0.4 is 5.32 Å². The van der Waals surface area contributed by atoms with Crippen molar-refractivity contribution in [3.05, 3.63) is 35.9 Å². The molecule has 2 fully saturated rings. The van der Waals surface area contributed by atoms with Crippen molar-refractivity contribution in [2.45, 2.75) is 33.2 Å². The molecule has 1 aromatic rings. The molecule has 128 valence electrons. The summed E-state index contributed by atoms with van der Waals surface area (Å²) in [6.45, 7) is 13.3. The lowest BCUT2D eigenvalue weighted by Crippen LogP contribution is -2.41. The zero-order valence-electron chi connectivity index (χ0n) is 15.1. The number of benzene rings is 1. The molecule has 2 heterocycles. The second kappa shape index (κ2) is 6.92. The van der Waals surface area contributed by atoms with Gasteiger partial charge in [0.25, 0.3) is 0 Å². The van der Waals surface area contributed by atoms with E-state index in [1.54, 1.807) is 0 Å². The summed E-state index contributed by atoms with van der Waals surface area (Å²) >= 11 is 0. The minimum atomic E-state index is 0.334. The first kappa shape index (κ1) is 16.9. The molecule has 2 aliphatic rings. The SMILES string of the molecule is CN(Cc1ccccc1)CC(C)(C)CN1CCC2(CCNC2)C1. The summed E-state index contributed by atoms with van der Waals surface area (Å²) in [7, 11) is 2.25. The van der Waals surface area contributed by atoms with Crippen LogP contribution in [0.15, 0.2) is 30.3 Å². The van der Waals surface area contributed by atoms with Gasteiger partial charge in [0.05, 0.1) is 0 Å². The zero-order chi connectivity index (χ0) is 16.3. The van der Waals surface area contributed by atoms with Crippen LogP contribution >= 0.6 is 0 Å². The number of likely N-dealkylation sites (tertiary alicyclic amines) is 1. The third kappa shape index (κ3) is 4.56. The molecule has 3 rings (SSSR count). The average Bonchev–Trinajstić information content (AvgIpc) is 3.09. The zero-order valence-corrected chi connectivity index (χ0v) is 15.1. The molecule has 0 saturated carbocycles. The van der Waals surface area contributed by atoms with Gasteiger partial charge in [-0.25, -0.2) is 0 Å². The Bertz CT molecular complexity index is 491. The van der Waals surface area contributed by atoms with Crippen LogP contribution in [0.1, 0.15) is 32.3 Å². The van der Waals surface area contributed by atoms with E-state index in [1.807, 2.05) is 0 Å². The highest BCUT2D eigenvalue weighted by molar-refractivity contribution is 5.14. The van der Waals surface area contributed by atoms with Crippen molar-refractivity contribution >= 4 is 0 Å². The summed E-state index contributed by atoms with van der Waals surface area (Å²) in [5.74, 6) is 0. The molecule has 1 N–H and O–H groups in total. The molecule has 0 radical (unpaired) electrons. The molecule has 0 aliphatic carbocycles. The van der Waals surface area contributed by atoms with Crippen LogP contribution in [0.2, 0.25) is 0 Å². The molecule has 1 aromatic carbocycles. The molecule has 2 saturated heterocycles. The first-order chi connectivity index (χ1) is 11.0. The van der Waals surface area contributed by atoms with E-state index in [2.05, 4.69) is 66.3 Å². The number of rotatable bonds is 6. The van der Waals surface area contributed by atoms with Crippen LogP contribution in [0.4, 0.5) is 0 Å². The number of nitrogens with zero attached hydrogens (tertiary/aromatic N) is 2. The molecule has 1 spiro atoms. The first-order valence-electron chi connectivity index (χ1n) is 9.12. The van der Waals surface area contributed by atoms with Crippen LogP contribution in [0, 0.1) is 10.8 Å². The highest BCUT2D eigenvalue weighted by Crippen LogP contribution is 2.37. The Morgan fingerprint density at radius 3 is 2.70 bits per heavy atom. The van der Waals surface area contributed by atoms with Gasteiger partial charge in [-0.3, -0.25) is 0 Å². The van der Waals surface area contributed by atoms with Gasteiger partial charge in [0.15, 0.2) is 0 Å². The summed E-state index contributed by atoms with van der Waals surface area (Å²) in [4.78, 5) is 5.18. The number of hydrogen-bond donors (Lipinski definition) is 1. The van der Waals surface area contributed by atoms with E-state index in [9.17, 15) is 0 Å². The van der Waals surface area contributed by atoms with Crippen molar-refractivity contribution in [2.24, 2.45) is 10.8 Å². The molecule has 3 heteroatoms. The highest BCUT2D eigenvalue weighted by Gasteiger charge is 2.41. The third-order valence-corrected chi connectivity index (χ3v) is 5.49. The van der Waals surface area contributed by atoms with E-state index in [1.165, 1.54) is 51.1 Å². The molecule has 0 amide bonds. The van der Waals surface area contributed by atoms with E-state index < -0.39 is 0 Å². The van der Waals surface area contributed by atoms with Crippen molar-refractivity contribution < 1.29 is 0 Å². The summed E-state index contributed by atoms with van der Waals surface area (Å²) in [6, 6.07) is 10.8. The smallest absolute Gasteiger partial charge is 0.0230 e. The lowest BCUT2D eigenvalue weighted by molar-refractivity contribution is 0.138. The Hall–Kier alpha value is -0.900. The predicted molar refractivity (Wildman–Crippen MR) is 97.5 cm³/mol. The average molecular weight is 316 g/mol. The van der Waals surface area contributed by atoms with Gasteiger partial charge in [0, 0.05) is 32.7 Å². The Balaban J connectivity index is 1.49. The Kier molecular flexibility index (Phi) is 5.10. The van der Waals surface area contributed by atoms with E-state index in [0.29, 0.717) is 10.8 Å². The van der Waals surface area contributed by atoms with Crippen LogP contribution in [-0.2, 0) is 6.54 Å². The van der Waals surface area contributed by atoms with Crippen LogP contribution in [0.3, 0.4) is 0 Å². The van der Waals surface area contributed by atoms with Crippen molar-refractivity contribution in [3.8, 4) is 0 Å². The largest absolute Gasteiger partial charge is 0.316 e. The monoisotopic (exact) mass is 315 g/mol. The standard InChI is InChI=1S/C20H33N3/c1-19(2,15-22(3)13-18-7-5-4-6-8-18)16-23-12-10-20(17-23)9-11-21-14-20/h4-8,21H,9-17H2,1-3H3. The normalized spacial score (nSPS) is 25.7. The molecule has 0 aromatic heterocycles. The first-order valence-corrected chi connectivity index (χ1v) is 9.12. The van der Waals surface area contributed by atoms with E-state index in [4.69, 9.17) is 0 Å². The minimum Gasteiger partial charge on any atom is -0.316 e. The Morgan fingerprint density at radius 1 is 1.22 bits per heavy atom. The van der Waals surface area contributed by atoms with E-state index >= 15 is 0 Å². The third-order valence-electron chi connectivity index (χ3n) is 5.49. The van der Waals surface area contributed by atoms with Crippen molar-refractivity contribution in [2.75, 3.05) is 46.3 Å². The molecule has 1 unspecified atom stereocenters. The lowest BCUT2D eigenvalue weighted by Gasteiger charge is -2.34. The van der Waals surface area contributed by atoms with Gasteiger partial charge in [-0.05, 0) is 49.4 Å². The fourth-order valence-electron chi connectivity index (χ4n) is 4.64. The van der Waals surface area contributed by atoms with Crippen LogP contribution in [0.5, 0.6) is 0 Å². The van der Waals surface area contributed by atoms with Crippen molar-refractivity contribution in [1.29, 1.82) is 0 Å². The summed E-state index contributed by atoms with van der Waals surface area (Å²) in [6.07, 6.45) is 2.76. The second-order valence-corrected chi connectivity index (χ2v) is 8.71. The number of nitrogens with one attached hydrogen (secondary N) is 1. The fourth-order valence-corrected chi connectivity index (χ4v) is 4.64. The van der Waals surface area contributed by atoms with Gasteiger partial charge in [-0.1, -0.05) is 44.2 Å². The van der Waals surface area contributed by atoms with Gasteiger partial charge in [-0.15, -0.1) is 0 Å². The fraction of sp³-hybridized carbons (Fsp3) is 0.700. The maximum absolute atomic E-state index is 3.56. The van der Waals surface area contributed by atoms with E-state index in [0.717, 1.165) is 13.1 Å². The molecule has 3 nitrogen and oxygen atoms in total. The molecule has 0 bridgehead atoms. The van der Waals surface area contributed by atoms with Gasteiger partial charge in [-0.2, -0.15) is 0 Å². The molecular formula is C20H33N3. The van der Waals surface area contributed by atoms with Gasteiger partial charge in [0.2, 0.25) is 0 Å². The Morgan fingerprint density at radius 2 is 2.00 bits per heavy atom. The highest BCUT2D eigenvalue weighted by atomic mass is 15.2. The van der Waals surface area contributed by atoms with Gasteiger partial charge in [0.1, 0.15) is 0 Å². The summed E-state index contributed by atoms with van der Waals surface area (Å²) in [5, 5.41) is 3.56. The molecule has 1 atom stereocenters. The maximum atomic E-state index is 3.56. The van der Waals surface area contributed by atoms with Gasteiger partial charge >= 0.3 is 0 Å². The molecule has 2 aliphatic heterocycles. The lowest BCUT2D eigenvalue weighted by atomic mass is 9.86. The molecular weight excluding hydrogens is 282 g/mol. The summed E-state index contributed by atoms with van der Waals surface area (Å²) in [5.41, 5.74) is 2.33. The topological polar surface area (TPSA) is 18.5 Å². The van der Waals surface area contributed by atoms with E-state index in [-0.39, 0.29) is 0 Å². The number of hydrogen-bond acceptors (Lipinski definition) is 3. The van der Waals surface area contributed by atoms with Gasteiger partial charge < -0.3 is 15.1 Å². The maximum Gasteiger partial charge on any atom is 0.0230 e. The van der Waals surface area contributed by atoms with Crippen LogP contribution in [0.25, 0.3) is 0 Å². The predicted octanol–water partition coefficient (Wildman–Crippen LogP) is 2.83. The summed E-state index contributed by atoms with van der Waals surface area (Å²) < 4.78 is 0. The molecule has 23 heavy (non-hydrogen) atoms. The van der Waals surface area contributed by atoms with Crippen molar-refractivity contribution in [1.82, 2.24) is 15.1 Å². The second-order valence-electron chi connectivity index (χ2n) is 8.71. The minimum absolute atomic E-state index is 0.334. The van der Waals surface area contributed by atoms with Crippen LogP contribution in [-0.4, -0.2) is 56.1 Å².